The maximum Gasteiger partial charge on any atom is 0.191 e. The van der Waals surface area contributed by atoms with Gasteiger partial charge in [0.2, 0.25) is 0 Å². The van der Waals surface area contributed by atoms with Crippen LogP contribution in [0.5, 0.6) is 0 Å². The van der Waals surface area contributed by atoms with Crippen molar-refractivity contribution in [2.24, 2.45) is 4.99 Å². The zero-order valence-corrected chi connectivity index (χ0v) is 18.4. The number of hydrogen-bond acceptors (Lipinski definition) is 2. The molecule has 0 amide bonds. The van der Waals surface area contributed by atoms with E-state index in [1.807, 2.05) is 37.3 Å². The Labute approximate surface area is 178 Å². The zero-order valence-electron chi connectivity index (χ0n) is 15.2. The molecule has 0 radical (unpaired) electrons. The van der Waals surface area contributed by atoms with E-state index in [-0.39, 0.29) is 30.0 Å². The van der Waals surface area contributed by atoms with Gasteiger partial charge in [-0.1, -0.05) is 36.4 Å². The van der Waals surface area contributed by atoms with Crippen molar-refractivity contribution in [2.45, 2.75) is 18.7 Å². The number of nitrogens with one attached hydrogen (secondary N) is 2. The summed E-state index contributed by atoms with van der Waals surface area (Å²) in [5.74, 6) is -0.242. The van der Waals surface area contributed by atoms with Gasteiger partial charge in [-0.3, -0.25) is 9.20 Å². The van der Waals surface area contributed by atoms with Gasteiger partial charge in [0, 0.05) is 35.9 Å². The van der Waals surface area contributed by atoms with Crippen LogP contribution in [0.25, 0.3) is 0 Å². The van der Waals surface area contributed by atoms with Crippen LogP contribution in [0, 0.1) is 11.6 Å². The second-order valence-electron chi connectivity index (χ2n) is 5.81. The fourth-order valence-corrected chi connectivity index (χ4v) is 3.42. The van der Waals surface area contributed by atoms with Gasteiger partial charge in [0.1, 0.15) is 0 Å². The number of guanidine groups is 1. The van der Waals surface area contributed by atoms with E-state index < -0.39 is 22.4 Å². The highest BCUT2D eigenvalue weighted by molar-refractivity contribution is 14.0. The van der Waals surface area contributed by atoms with E-state index in [1.165, 1.54) is 6.07 Å². The van der Waals surface area contributed by atoms with Gasteiger partial charge in [0.15, 0.2) is 17.6 Å². The molecule has 27 heavy (non-hydrogen) atoms. The van der Waals surface area contributed by atoms with Crippen LogP contribution in [0.1, 0.15) is 24.1 Å². The van der Waals surface area contributed by atoms with Crippen molar-refractivity contribution in [1.29, 1.82) is 0 Å². The first-order valence-electron chi connectivity index (χ1n) is 8.30. The molecule has 0 aliphatic rings. The largest absolute Gasteiger partial charge is 0.355 e. The van der Waals surface area contributed by atoms with Crippen molar-refractivity contribution in [3.63, 3.8) is 0 Å². The highest BCUT2D eigenvalue weighted by atomic mass is 127. The summed E-state index contributed by atoms with van der Waals surface area (Å²) in [6, 6.07) is 13.2. The maximum absolute atomic E-state index is 13.3. The van der Waals surface area contributed by atoms with Crippen LogP contribution in [0.2, 0.25) is 0 Å². The van der Waals surface area contributed by atoms with Crippen molar-refractivity contribution in [3.05, 3.63) is 71.3 Å². The highest BCUT2D eigenvalue weighted by Crippen LogP contribution is 2.15. The van der Waals surface area contributed by atoms with E-state index >= 15 is 0 Å². The Balaban J connectivity index is 0.00000364. The number of benzene rings is 2. The van der Waals surface area contributed by atoms with Crippen LogP contribution >= 0.6 is 24.0 Å². The standard InChI is InChI=1S/C19H23F2N3OS.HI/c1-14(16-8-9-17(20)18(21)12-16)24-19(22-2)23-10-11-26(25)13-15-6-4-3-5-7-15;/h3-9,12,14H,10-11,13H2,1-2H3,(H2,22,23,24);1H. The predicted molar refractivity (Wildman–Crippen MR) is 118 cm³/mol. The Morgan fingerprint density at radius 3 is 2.48 bits per heavy atom. The quantitative estimate of drug-likeness (QED) is 0.341. The zero-order chi connectivity index (χ0) is 18.9. The topological polar surface area (TPSA) is 53.5 Å². The van der Waals surface area contributed by atoms with Crippen molar-refractivity contribution in [3.8, 4) is 0 Å². The van der Waals surface area contributed by atoms with Gasteiger partial charge in [0.25, 0.3) is 0 Å². The molecule has 0 heterocycles. The number of halogens is 3. The molecule has 0 saturated heterocycles. The van der Waals surface area contributed by atoms with Gasteiger partial charge >= 0.3 is 0 Å². The molecule has 2 rings (SSSR count). The summed E-state index contributed by atoms with van der Waals surface area (Å²) in [4.78, 5) is 4.10. The molecular formula is C19H24F2IN3OS. The molecule has 0 fully saturated rings. The minimum absolute atomic E-state index is 0. The van der Waals surface area contributed by atoms with Crippen molar-refractivity contribution in [1.82, 2.24) is 10.6 Å². The van der Waals surface area contributed by atoms with E-state index in [0.29, 0.717) is 29.6 Å². The summed E-state index contributed by atoms with van der Waals surface area (Å²) in [5.41, 5.74) is 1.65. The normalized spacial score (nSPS) is 13.4. The Morgan fingerprint density at radius 2 is 1.85 bits per heavy atom. The number of nitrogens with zero attached hydrogens (tertiary/aromatic N) is 1. The smallest absolute Gasteiger partial charge is 0.191 e. The van der Waals surface area contributed by atoms with Gasteiger partial charge in [-0.05, 0) is 30.2 Å². The highest BCUT2D eigenvalue weighted by Gasteiger charge is 2.11. The first-order valence-corrected chi connectivity index (χ1v) is 9.79. The van der Waals surface area contributed by atoms with Crippen molar-refractivity contribution < 1.29 is 13.0 Å². The van der Waals surface area contributed by atoms with Gasteiger partial charge in [0.05, 0.1) is 6.04 Å². The van der Waals surface area contributed by atoms with Gasteiger partial charge in [-0.15, -0.1) is 24.0 Å². The molecule has 2 unspecified atom stereocenters. The summed E-state index contributed by atoms with van der Waals surface area (Å²) < 4.78 is 38.5. The van der Waals surface area contributed by atoms with Crippen LogP contribution in [-0.4, -0.2) is 29.5 Å². The third kappa shape index (κ3) is 7.92. The Hall–Kier alpha value is -1.55. The van der Waals surface area contributed by atoms with Crippen LogP contribution in [0.3, 0.4) is 0 Å². The molecule has 0 bridgehead atoms. The molecule has 2 atom stereocenters. The average Bonchev–Trinajstić information content (AvgIpc) is 2.63. The van der Waals surface area contributed by atoms with E-state index in [2.05, 4.69) is 15.6 Å². The van der Waals surface area contributed by atoms with Gasteiger partial charge in [-0.25, -0.2) is 8.78 Å². The minimum atomic E-state index is -0.980. The molecule has 0 saturated carbocycles. The molecular weight excluding hydrogens is 483 g/mol. The van der Waals surface area contributed by atoms with Crippen molar-refractivity contribution in [2.75, 3.05) is 19.3 Å². The fraction of sp³-hybridized carbons (Fsp3) is 0.316. The molecule has 0 aliphatic carbocycles. The third-order valence-electron chi connectivity index (χ3n) is 3.81. The minimum Gasteiger partial charge on any atom is -0.355 e. The first kappa shape index (κ1) is 23.5. The van der Waals surface area contributed by atoms with Crippen LogP contribution in [-0.2, 0) is 16.6 Å². The molecule has 0 spiro atoms. The summed E-state index contributed by atoms with van der Waals surface area (Å²) in [7, 11) is 0.639. The molecule has 148 valence electrons. The predicted octanol–water partition coefficient (Wildman–Crippen LogP) is 3.76. The maximum atomic E-state index is 13.3. The lowest BCUT2D eigenvalue weighted by molar-refractivity contribution is 0.504. The number of hydrogen-bond donors (Lipinski definition) is 2. The van der Waals surface area contributed by atoms with Crippen LogP contribution in [0.4, 0.5) is 8.78 Å². The summed E-state index contributed by atoms with van der Waals surface area (Å²) in [5, 5.41) is 6.19. The SMILES string of the molecule is CN=C(NCCS(=O)Cc1ccccc1)NC(C)c1ccc(F)c(F)c1.I. The molecule has 8 heteroatoms. The molecule has 2 aromatic carbocycles. The molecule has 2 aromatic rings. The molecule has 0 aliphatic heterocycles. The molecule has 0 aromatic heterocycles. The number of aliphatic imine (C=N–C) groups is 1. The monoisotopic (exact) mass is 507 g/mol. The van der Waals surface area contributed by atoms with E-state index in [9.17, 15) is 13.0 Å². The van der Waals surface area contributed by atoms with Gasteiger partial charge in [-0.2, -0.15) is 0 Å². The van der Waals surface area contributed by atoms with E-state index in [0.717, 1.165) is 17.7 Å². The van der Waals surface area contributed by atoms with E-state index in [4.69, 9.17) is 0 Å². The lowest BCUT2D eigenvalue weighted by Gasteiger charge is -2.18. The molecule has 4 nitrogen and oxygen atoms in total. The van der Waals surface area contributed by atoms with Gasteiger partial charge < -0.3 is 10.6 Å². The Morgan fingerprint density at radius 1 is 1.15 bits per heavy atom. The lowest BCUT2D eigenvalue weighted by atomic mass is 10.1. The van der Waals surface area contributed by atoms with Crippen LogP contribution < -0.4 is 10.6 Å². The molecule has 2 N–H and O–H groups in total. The lowest BCUT2D eigenvalue weighted by Crippen LogP contribution is -2.40. The second-order valence-corrected chi connectivity index (χ2v) is 7.39. The Bertz CT molecular complexity index is 775. The summed E-state index contributed by atoms with van der Waals surface area (Å²) in [6.07, 6.45) is 0. The third-order valence-corrected chi connectivity index (χ3v) is 5.13. The number of rotatable bonds is 7. The second kappa shape index (κ2) is 12.0. The van der Waals surface area contributed by atoms with Crippen molar-refractivity contribution >= 4 is 40.7 Å². The fourth-order valence-electron chi connectivity index (χ4n) is 2.38. The summed E-state index contributed by atoms with van der Waals surface area (Å²) in [6.45, 7) is 2.32. The average molecular weight is 507 g/mol. The first-order chi connectivity index (χ1) is 12.5. The van der Waals surface area contributed by atoms with Crippen LogP contribution in [0.15, 0.2) is 53.5 Å². The summed E-state index contributed by atoms with van der Waals surface area (Å²) >= 11 is 0. The Kier molecular flexibility index (Phi) is 10.5. The van der Waals surface area contributed by atoms with E-state index in [1.54, 1.807) is 7.05 Å².